The number of rotatable bonds is 3. The zero-order valence-corrected chi connectivity index (χ0v) is 12.9. The van der Waals surface area contributed by atoms with Gasteiger partial charge in [-0.3, -0.25) is 9.59 Å². The molecule has 0 unspecified atom stereocenters. The van der Waals surface area contributed by atoms with Crippen LogP contribution in [-0.4, -0.2) is 41.8 Å². The largest absolute Gasteiger partial charge is 0.495 e. The lowest BCUT2D eigenvalue weighted by molar-refractivity contribution is -0.131. The first-order valence-electron chi connectivity index (χ1n) is 7.50. The van der Waals surface area contributed by atoms with E-state index >= 15 is 0 Å². The fourth-order valence-electron chi connectivity index (χ4n) is 4.09. The van der Waals surface area contributed by atoms with Gasteiger partial charge in [0.25, 0.3) is 0 Å². The number of hydrogen-bond donors (Lipinski definition) is 1. The number of imide groups is 1. The second kappa shape index (κ2) is 4.43. The summed E-state index contributed by atoms with van der Waals surface area (Å²) in [4.78, 5) is 27.1. The van der Waals surface area contributed by atoms with Crippen LogP contribution in [0.5, 0.6) is 5.75 Å². The Bertz CT molecular complexity index is 744. The Morgan fingerprint density at radius 1 is 1.22 bits per heavy atom. The minimum Gasteiger partial charge on any atom is -0.495 e. The van der Waals surface area contributed by atoms with Crippen molar-refractivity contribution in [1.82, 2.24) is 0 Å². The van der Waals surface area contributed by atoms with Crippen molar-refractivity contribution >= 4 is 17.5 Å². The number of carbonyl (C=O) groups is 2. The Balaban J connectivity index is 1.83. The van der Waals surface area contributed by atoms with E-state index in [-0.39, 0.29) is 18.4 Å². The summed E-state index contributed by atoms with van der Waals surface area (Å²) in [5, 5.41) is 9.78. The summed E-state index contributed by atoms with van der Waals surface area (Å²) < 4.78 is 11.2. The van der Waals surface area contributed by atoms with E-state index in [9.17, 15) is 14.7 Å². The second-order valence-corrected chi connectivity index (χ2v) is 6.37. The number of aliphatic hydroxyl groups is 1. The molecule has 1 aromatic rings. The van der Waals surface area contributed by atoms with Gasteiger partial charge in [0.05, 0.1) is 36.8 Å². The predicted molar refractivity (Wildman–Crippen MR) is 80.9 cm³/mol. The Kier molecular flexibility index (Phi) is 2.77. The van der Waals surface area contributed by atoms with Crippen LogP contribution in [0.2, 0.25) is 0 Å². The fourth-order valence-corrected chi connectivity index (χ4v) is 4.09. The van der Waals surface area contributed by atoms with Crippen molar-refractivity contribution in [3.8, 4) is 5.75 Å². The van der Waals surface area contributed by atoms with E-state index in [0.29, 0.717) is 11.4 Å². The Labute approximate surface area is 133 Å². The molecule has 6 heteroatoms. The van der Waals surface area contributed by atoms with Crippen molar-refractivity contribution < 1.29 is 24.2 Å². The molecule has 0 spiro atoms. The van der Waals surface area contributed by atoms with Crippen LogP contribution in [0.15, 0.2) is 36.4 Å². The molecule has 2 saturated heterocycles. The van der Waals surface area contributed by atoms with E-state index < -0.39 is 23.0 Å². The minimum atomic E-state index is -1.11. The van der Waals surface area contributed by atoms with E-state index in [2.05, 4.69) is 0 Å². The number of hydrogen-bond acceptors (Lipinski definition) is 5. The SMILES string of the molecule is COc1ccccc1N1C(=O)[C@H]2[C@H](C1=O)[C@@]1(CO)C=C[C@@]2(C)O1. The average molecular weight is 315 g/mol. The summed E-state index contributed by atoms with van der Waals surface area (Å²) in [6.07, 6.45) is 3.49. The zero-order chi connectivity index (χ0) is 16.4. The van der Waals surface area contributed by atoms with Gasteiger partial charge in [0.2, 0.25) is 11.8 Å². The van der Waals surface area contributed by atoms with Gasteiger partial charge >= 0.3 is 0 Å². The first-order valence-corrected chi connectivity index (χ1v) is 7.50. The van der Waals surface area contributed by atoms with Gasteiger partial charge in [0.15, 0.2) is 0 Å². The van der Waals surface area contributed by atoms with Crippen molar-refractivity contribution in [2.45, 2.75) is 18.1 Å². The molecular formula is C17H17NO5. The molecule has 3 aliphatic rings. The highest BCUT2D eigenvalue weighted by molar-refractivity contribution is 6.24. The van der Waals surface area contributed by atoms with Crippen LogP contribution >= 0.6 is 0 Å². The molecule has 2 bridgehead atoms. The molecule has 3 aliphatic heterocycles. The quantitative estimate of drug-likeness (QED) is 0.662. The lowest BCUT2D eigenvalue weighted by Crippen LogP contribution is -2.43. The number of para-hydroxylation sites is 2. The highest BCUT2D eigenvalue weighted by Gasteiger charge is 2.72. The molecule has 2 fully saturated rings. The third-order valence-electron chi connectivity index (χ3n) is 5.13. The van der Waals surface area contributed by atoms with Crippen LogP contribution in [0.1, 0.15) is 6.92 Å². The van der Waals surface area contributed by atoms with Crippen LogP contribution in [-0.2, 0) is 14.3 Å². The minimum absolute atomic E-state index is 0.313. The molecule has 0 aliphatic carbocycles. The molecule has 6 nitrogen and oxygen atoms in total. The topological polar surface area (TPSA) is 76.1 Å². The number of nitrogens with zero attached hydrogens (tertiary/aromatic N) is 1. The van der Waals surface area contributed by atoms with E-state index in [1.165, 1.54) is 12.0 Å². The number of anilines is 1. The highest BCUT2D eigenvalue weighted by Crippen LogP contribution is 2.57. The van der Waals surface area contributed by atoms with Gasteiger partial charge in [0, 0.05) is 0 Å². The molecule has 0 radical (unpaired) electrons. The highest BCUT2D eigenvalue weighted by atomic mass is 16.5. The van der Waals surface area contributed by atoms with E-state index in [1.807, 2.05) is 0 Å². The second-order valence-electron chi connectivity index (χ2n) is 6.37. The van der Waals surface area contributed by atoms with Crippen LogP contribution < -0.4 is 9.64 Å². The van der Waals surface area contributed by atoms with Crippen molar-refractivity contribution in [3.05, 3.63) is 36.4 Å². The van der Waals surface area contributed by atoms with E-state index in [1.54, 1.807) is 43.3 Å². The van der Waals surface area contributed by atoms with E-state index in [0.717, 1.165) is 0 Å². The maximum atomic E-state index is 13.0. The molecule has 4 rings (SSSR count). The number of methoxy groups -OCH3 is 1. The van der Waals surface area contributed by atoms with Crippen molar-refractivity contribution in [1.29, 1.82) is 0 Å². The van der Waals surface area contributed by atoms with Crippen LogP contribution in [0.4, 0.5) is 5.69 Å². The molecule has 120 valence electrons. The Morgan fingerprint density at radius 2 is 1.91 bits per heavy atom. The van der Waals surface area contributed by atoms with Gasteiger partial charge < -0.3 is 14.6 Å². The summed E-state index contributed by atoms with van der Waals surface area (Å²) in [6, 6.07) is 6.91. The van der Waals surface area contributed by atoms with Crippen LogP contribution in [0.25, 0.3) is 0 Å². The van der Waals surface area contributed by atoms with Crippen molar-refractivity contribution in [2.24, 2.45) is 11.8 Å². The molecule has 23 heavy (non-hydrogen) atoms. The lowest BCUT2D eigenvalue weighted by Gasteiger charge is -2.27. The average Bonchev–Trinajstić information content (AvgIpc) is 3.13. The fraction of sp³-hybridized carbons (Fsp3) is 0.412. The normalized spacial score (nSPS) is 37.6. The summed E-state index contributed by atoms with van der Waals surface area (Å²) in [7, 11) is 1.50. The van der Waals surface area contributed by atoms with Gasteiger partial charge in [-0.05, 0) is 19.1 Å². The molecular weight excluding hydrogens is 298 g/mol. The number of carbonyl (C=O) groups excluding carboxylic acids is 2. The zero-order valence-electron chi connectivity index (χ0n) is 12.9. The molecule has 1 N–H and O–H groups in total. The first-order chi connectivity index (χ1) is 11.0. The molecule has 1 aromatic carbocycles. The van der Waals surface area contributed by atoms with Crippen LogP contribution in [0.3, 0.4) is 0 Å². The van der Waals surface area contributed by atoms with Gasteiger partial charge in [0.1, 0.15) is 11.4 Å². The first kappa shape index (κ1) is 14.4. The lowest BCUT2D eigenvalue weighted by atomic mass is 9.73. The predicted octanol–water partition coefficient (Wildman–Crippen LogP) is 0.891. The van der Waals surface area contributed by atoms with Crippen molar-refractivity contribution in [2.75, 3.05) is 18.6 Å². The molecule has 0 saturated carbocycles. The van der Waals surface area contributed by atoms with Crippen LogP contribution in [0, 0.1) is 11.8 Å². The van der Waals surface area contributed by atoms with E-state index in [4.69, 9.17) is 9.47 Å². The molecule has 4 atom stereocenters. The monoisotopic (exact) mass is 315 g/mol. The molecule has 2 amide bonds. The number of amides is 2. The summed E-state index contributed by atoms with van der Waals surface area (Å²) in [5.74, 6) is -1.55. The number of benzene rings is 1. The Hall–Kier alpha value is -2.18. The number of aliphatic hydroxyl groups excluding tert-OH is 1. The van der Waals surface area contributed by atoms with Gasteiger partial charge in [-0.1, -0.05) is 24.3 Å². The molecule has 3 heterocycles. The van der Waals surface area contributed by atoms with Crippen molar-refractivity contribution in [3.63, 3.8) is 0 Å². The number of ether oxygens (including phenoxy) is 2. The number of fused-ring (bicyclic) bond motifs is 5. The van der Waals surface area contributed by atoms with Gasteiger partial charge in [-0.2, -0.15) is 0 Å². The summed E-state index contributed by atoms with van der Waals surface area (Å²) in [6.45, 7) is 1.45. The molecule has 0 aromatic heterocycles. The smallest absolute Gasteiger partial charge is 0.241 e. The maximum Gasteiger partial charge on any atom is 0.241 e. The Morgan fingerprint density at radius 3 is 2.61 bits per heavy atom. The van der Waals surface area contributed by atoms with Gasteiger partial charge in [-0.15, -0.1) is 0 Å². The maximum absolute atomic E-state index is 13.0. The summed E-state index contributed by atoms with van der Waals surface area (Å²) in [5.41, 5.74) is -1.55. The van der Waals surface area contributed by atoms with Gasteiger partial charge in [-0.25, -0.2) is 4.90 Å². The standard InChI is InChI=1S/C17H17NO5/c1-16-7-8-17(9-19,23-16)13-12(16)14(20)18(15(13)21)10-5-3-4-6-11(10)22-2/h3-8,12-13,19H,9H2,1-2H3/t12-,13-,16-,17+/m1/s1. The third-order valence-corrected chi connectivity index (χ3v) is 5.13. The third kappa shape index (κ3) is 1.59. The summed E-state index contributed by atoms with van der Waals surface area (Å²) >= 11 is 0.